The molecule has 1 aliphatic rings. The van der Waals surface area contributed by atoms with Crippen LogP contribution in [0.2, 0.25) is 5.02 Å². The number of halogens is 2. The first-order valence-electron chi connectivity index (χ1n) is 11.4. The van der Waals surface area contributed by atoms with Crippen molar-refractivity contribution in [2.75, 3.05) is 16.8 Å². The van der Waals surface area contributed by atoms with Gasteiger partial charge >= 0.3 is 6.03 Å². The van der Waals surface area contributed by atoms with Gasteiger partial charge in [-0.05, 0) is 68.3 Å². The largest absolute Gasteiger partial charge is 0.482 e. The van der Waals surface area contributed by atoms with Gasteiger partial charge in [0.15, 0.2) is 6.61 Å². The van der Waals surface area contributed by atoms with Crippen molar-refractivity contribution in [2.45, 2.75) is 32.9 Å². The van der Waals surface area contributed by atoms with Crippen molar-refractivity contribution >= 4 is 40.5 Å². The van der Waals surface area contributed by atoms with E-state index in [1.54, 1.807) is 24.3 Å². The number of rotatable bonds is 6. The van der Waals surface area contributed by atoms with E-state index < -0.39 is 17.4 Å². The molecule has 0 bridgehead atoms. The van der Waals surface area contributed by atoms with E-state index in [4.69, 9.17) is 16.3 Å². The van der Waals surface area contributed by atoms with Crippen molar-refractivity contribution in [3.8, 4) is 5.75 Å². The second-order valence-corrected chi connectivity index (χ2v) is 9.62. The third kappa shape index (κ3) is 5.36. The summed E-state index contributed by atoms with van der Waals surface area (Å²) in [6.45, 7) is 9.48. The fourth-order valence-electron chi connectivity index (χ4n) is 3.99. The highest BCUT2D eigenvalue weighted by molar-refractivity contribution is 6.31. The number of hydrogen-bond donors (Lipinski definition) is 2. The lowest BCUT2D eigenvalue weighted by molar-refractivity contribution is -0.121. The molecule has 0 atom stereocenters. The van der Waals surface area contributed by atoms with Crippen molar-refractivity contribution in [1.29, 1.82) is 0 Å². The molecular weight excluding hydrogens is 481 g/mol. The van der Waals surface area contributed by atoms with Gasteiger partial charge in [-0.15, -0.1) is 0 Å². The van der Waals surface area contributed by atoms with E-state index in [9.17, 15) is 14.0 Å². The highest BCUT2D eigenvalue weighted by Crippen LogP contribution is 2.36. The number of anilines is 2. The number of ether oxygens (including phenoxy) is 1. The molecule has 4 rings (SSSR count). The first-order valence-corrected chi connectivity index (χ1v) is 11.8. The van der Waals surface area contributed by atoms with Crippen molar-refractivity contribution in [1.82, 2.24) is 5.32 Å². The molecule has 3 aromatic rings. The smallest absolute Gasteiger partial charge is 0.319 e. The lowest BCUT2D eigenvalue weighted by atomic mass is 9.92. The standard InChI is InChI=1S/C28H27ClFN3O3/c1-17(2)18-7-5-8-19(13-18)28(3,4)32-27(35)31-20-11-12-25-24(14-20)33(26(34)16-36-25)15-21-22(29)9-6-10-23(21)30/h5-14H,1,15-16H2,2-4H3,(H2,31,32,35). The molecule has 0 fully saturated rings. The van der Waals surface area contributed by atoms with Gasteiger partial charge in [0.25, 0.3) is 5.91 Å². The second kappa shape index (κ2) is 10.0. The summed E-state index contributed by atoms with van der Waals surface area (Å²) in [4.78, 5) is 27.0. The quantitative estimate of drug-likeness (QED) is 0.400. The molecule has 2 N–H and O–H groups in total. The van der Waals surface area contributed by atoms with E-state index in [0.717, 1.165) is 16.7 Å². The van der Waals surface area contributed by atoms with E-state index in [1.165, 1.54) is 17.0 Å². The molecule has 36 heavy (non-hydrogen) atoms. The van der Waals surface area contributed by atoms with Gasteiger partial charge in [-0.1, -0.05) is 48.0 Å². The average Bonchev–Trinajstić information content (AvgIpc) is 2.82. The van der Waals surface area contributed by atoms with Crippen molar-refractivity contribution in [2.24, 2.45) is 0 Å². The monoisotopic (exact) mass is 507 g/mol. The summed E-state index contributed by atoms with van der Waals surface area (Å²) < 4.78 is 19.9. The van der Waals surface area contributed by atoms with E-state index in [0.29, 0.717) is 17.1 Å². The summed E-state index contributed by atoms with van der Waals surface area (Å²) >= 11 is 6.18. The Morgan fingerprint density at radius 3 is 2.64 bits per heavy atom. The molecule has 3 aromatic carbocycles. The van der Waals surface area contributed by atoms with Gasteiger partial charge in [-0.25, -0.2) is 9.18 Å². The van der Waals surface area contributed by atoms with Crippen LogP contribution in [0.5, 0.6) is 5.75 Å². The molecule has 0 aliphatic carbocycles. The summed E-state index contributed by atoms with van der Waals surface area (Å²) in [5.41, 5.74) is 3.25. The van der Waals surface area contributed by atoms with Crippen LogP contribution < -0.4 is 20.3 Å². The number of allylic oxidation sites excluding steroid dienone is 1. The first kappa shape index (κ1) is 25.3. The lowest BCUT2D eigenvalue weighted by Crippen LogP contribution is -2.43. The summed E-state index contributed by atoms with van der Waals surface area (Å²) in [6, 6.07) is 16.7. The predicted octanol–water partition coefficient (Wildman–Crippen LogP) is 6.49. The van der Waals surface area contributed by atoms with E-state index in [1.807, 2.05) is 45.0 Å². The van der Waals surface area contributed by atoms with Crippen molar-refractivity contribution in [3.63, 3.8) is 0 Å². The number of hydrogen-bond acceptors (Lipinski definition) is 3. The van der Waals surface area contributed by atoms with Crippen LogP contribution in [-0.4, -0.2) is 18.5 Å². The zero-order chi connectivity index (χ0) is 26.0. The van der Waals surface area contributed by atoms with Crippen molar-refractivity contribution < 1.29 is 18.7 Å². The molecule has 0 saturated carbocycles. The van der Waals surface area contributed by atoms with E-state index >= 15 is 0 Å². The second-order valence-electron chi connectivity index (χ2n) is 9.22. The molecule has 0 unspecified atom stereocenters. The maximum atomic E-state index is 14.4. The Balaban J connectivity index is 1.54. The van der Waals surface area contributed by atoms with Crippen LogP contribution in [0.3, 0.4) is 0 Å². The van der Waals surface area contributed by atoms with Gasteiger partial charge in [-0.2, -0.15) is 0 Å². The van der Waals surface area contributed by atoms with Crippen LogP contribution in [0.15, 0.2) is 67.2 Å². The summed E-state index contributed by atoms with van der Waals surface area (Å²) in [5, 5.41) is 6.02. The molecule has 3 amide bonds. The zero-order valence-electron chi connectivity index (χ0n) is 20.3. The number of carbonyl (C=O) groups is 2. The summed E-state index contributed by atoms with van der Waals surface area (Å²) in [7, 11) is 0. The molecule has 0 spiro atoms. The number of carbonyl (C=O) groups excluding carboxylic acids is 2. The summed E-state index contributed by atoms with van der Waals surface area (Å²) in [6.07, 6.45) is 0. The van der Waals surface area contributed by atoms with Gasteiger partial charge in [-0.3, -0.25) is 4.79 Å². The zero-order valence-corrected chi connectivity index (χ0v) is 21.1. The van der Waals surface area contributed by atoms with Gasteiger partial charge in [0.05, 0.1) is 17.8 Å². The van der Waals surface area contributed by atoms with Crippen LogP contribution >= 0.6 is 11.6 Å². The summed E-state index contributed by atoms with van der Waals surface area (Å²) in [5.74, 6) is -0.401. The Labute approximate surface area is 214 Å². The van der Waals surface area contributed by atoms with Crippen LogP contribution in [0.1, 0.15) is 37.5 Å². The molecule has 6 nitrogen and oxygen atoms in total. The Morgan fingerprint density at radius 2 is 1.92 bits per heavy atom. The number of benzene rings is 3. The number of fused-ring (bicyclic) bond motifs is 1. The Hall–Kier alpha value is -3.84. The van der Waals surface area contributed by atoms with Crippen LogP contribution in [0.25, 0.3) is 5.57 Å². The van der Waals surface area contributed by atoms with E-state index in [-0.39, 0.29) is 29.6 Å². The SMILES string of the molecule is C=C(C)c1cccc(C(C)(C)NC(=O)Nc2ccc3c(c2)N(Cc2c(F)cccc2Cl)C(=O)CO3)c1. The van der Waals surface area contributed by atoms with Gasteiger partial charge < -0.3 is 20.3 Å². The Bertz CT molecular complexity index is 1340. The number of urea groups is 1. The van der Waals surface area contributed by atoms with Gasteiger partial charge in [0, 0.05) is 16.3 Å². The minimum absolute atomic E-state index is 0.0670. The molecule has 186 valence electrons. The van der Waals surface area contributed by atoms with Gasteiger partial charge in [0.2, 0.25) is 0 Å². The van der Waals surface area contributed by atoms with Crippen LogP contribution in [-0.2, 0) is 16.9 Å². The molecular formula is C28H27ClFN3O3. The molecule has 0 aromatic heterocycles. The number of nitrogens with zero attached hydrogens (tertiary/aromatic N) is 1. The highest BCUT2D eigenvalue weighted by Gasteiger charge is 2.28. The highest BCUT2D eigenvalue weighted by atomic mass is 35.5. The maximum Gasteiger partial charge on any atom is 0.319 e. The maximum absolute atomic E-state index is 14.4. The third-order valence-electron chi connectivity index (χ3n) is 6.04. The van der Waals surface area contributed by atoms with Gasteiger partial charge in [0.1, 0.15) is 11.6 Å². The topological polar surface area (TPSA) is 70.7 Å². The first-order chi connectivity index (χ1) is 17.0. The molecule has 8 heteroatoms. The lowest BCUT2D eigenvalue weighted by Gasteiger charge is -2.30. The van der Waals surface area contributed by atoms with E-state index in [2.05, 4.69) is 17.2 Å². The Morgan fingerprint density at radius 1 is 1.17 bits per heavy atom. The van der Waals surface area contributed by atoms with Crippen LogP contribution in [0.4, 0.5) is 20.6 Å². The fraction of sp³-hybridized carbons (Fsp3) is 0.214. The van der Waals surface area contributed by atoms with Crippen LogP contribution in [0, 0.1) is 5.82 Å². The molecule has 0 radical (unpaired) electrons. The molecule has 1 aliphatic heterocycles. The fourth-order valence-corrected chi connectivity index (χ4v) is 4.21. The normalized spacial score (nSPS) is 13.0. The molecule has 1 heterocycles. The number of amides is 3. The third-order valence-corrected chi connectivity index (χ3v) is 6.39. The average molecular weight is 508 g/mol. The van der Waals surface area contributed by atoms with Crippen molar-refractivity contribution in [3.05, 3.63) is 94.8 Å². The predicted molar refractivity (Wildman–Crippen MR) is 141 cm³/mol. The number of nitrogens with one attached hydrogen (secondary N) is 2. The molecule has 0 saturated heterocycles. The Kier molecular flexibility index (Phi) is 7.04. The minimum atomic E-state index is -0.670. The minimum Gasteiger partial charge on any atom is -0.482 e.